The minimum absolute atomic E-state index is 0.267. The van der Waals surface area contributed by atoms with E-state index in [1.165, 1.54) is 25.1 Å². The van der Waals surface area contributed by atoms with Crippen LogP contribution >= 0.6 is 0 Å². The van der Waals surface area contributed by atoms with Crippen molar-refractivity contribution in [2.45, 2.75) is 44.7 Å². The predicted octanol–water partition coefficient (Wildman–Crippen LogP) is 2.62. The zero-order chi connectivity index (χ0) is 23.9. The van der Waals surface area contributed by atoms with Crippen molar-refractivity contribution in [3.05, 3.63) is 65.2 Å². The van der Waals surface area contributed by atoms with Crippen LogP contribution in [0.5, 0.6) is 5.88 Å². The number of rotatable bonds is 10. The molecule has 4 rings (SSSR count). The number of pyridine rings is 2. The second-order valence-electron chi connectivity index (χ2n) is 8.19. The summed E-state index contributed by atoms with van der Waals surface area (Å²) >= 11 is 0. The summed E-state index contributed by atoms with van der Waals surface area (Å²) in [6.07, 6.45) is 8.22. The number of carbonyl (C=O) groups is 2. The maximum atomic E-state index is 12.8. The number of hydrogen-bond acceptors (Lipinski definition) is 7. The third-order valence-electron chi connectivity index (χ3n) is 5.72. The normalized spacial score (nSPS) is 13.4. The van der Waals surface area contributed by atoms with Crippen molar-refractivity contribution in [2.75, 3.05) is 19.0 Å². The smallest absolute Gasteiger partial charge is 0.305 e. The van der Waals surface area contributed by atoms with Gasteiger partial charge in [-0.05, 0) is 42.9 Å². The van der Waals surface area contributed by atoms with Crippen LogP contribution in [-0.4, -0.2) is 50.4 Å². The van der Waals surface area contributed by atoms with E-state index < -0.39 is 17.9 Å². The quantitative estimate of drug-likeness (QED) is 0.417. The lowest BCUT2D eigenvalue weighted by molar-refractivity contribution is -0.137. The highest BCUT2D eigenvalue weighted by molar-refractivity contribution is 5.94. The number of aliphatic carboxylic acids is 1. The van der Waals surface area contributed by atoms with Crippen LogP contribution in [0.25, 0.3) is 0 Å². The van der Waals surface area contributed by atoms with Crippen LogP contribution in [-0.2, 0) is 24.2 Å². The monoisotopic (exact) mass is 464 g/mol. The molecule has 0 radical (unpaired) electrons. The van der Waals surface area contributed by atoms with Crippen LogP contribution in [0.1, 0.15) is 52.5 Å². The lowest BCUT2D eigenvalue weighted by Crippen LogP contribution is -2.30. The first-order chi connectivity index (χ1) is 16.5. The molecule has 1 aliphatic rings. The molecule has 0 spiro atoms. The molecule has 178 valence electrons. The van der Waals surface area contributed by atoms with Gasteiger partial charge in [0.15, 0.2) is 0 Å². The molecule has 0 saturated heterocycles. The largest absolute Gasteiger partial charge is 0.481 e. The Hall–Kier alpha value is -3.95. The highest BCUT2D eigenvalue weighted by Crippen LogP contribution is 2.21. The number of amides is 1. The van der Waals surface area contributed by atoms with Crippen molar-refractivity contribution in [3.63, 3.8) is 0 Å². The molecule has 0 unspecified atom stereocenters. The zero-order valence-electron chi connectivity index (χ0n) is 19.0. The molecule has 3 aromatic rings. The fraction of sp³-hybridized carbons (Fsp3) is 0.375. The fourth-order valence-electron chi connectivity index (χ4n) is 3.92. The highest BCUT2D eigenvalue weighted by Gasteiger charge is 2.20. The van der Waals surface area contributed by atoms with Gasteiger partial charge < -0.3 is 20.5 Å². The van der Waals surface area contributed by atoms with Crippen LogP contribution < -0.4 is 15.4 Å². The van der Waals surface area contributed by atoms with Crippen LogP contribution in [0.3, 0.4) is 0 Å². The summed E-state index contributed by atoms with van der Waals surface area (Å²) in [5, 5.41) is 19.7. The first-order valence-electron chi connectivity index (χ1n) is 11.3. The Morgan fingerprint density at radius 3 is 2.91 bits per heavy atom. The highest BCUT2D eigenvalue weighted by atomic mass is 16.5. The number of nitrogens with zero attached hydrogens (tertiary/aromatic N) is 4. The Morgan fingerprint density at radius 1 is 1.26 bits per heavy atom. The van der Waals surface area contributed by atoms with Crippen molar-refractivity contribution in [2.24, 2.45) is 0 Å². The summed E-state index contributed by atoms with van der Waals surface area (Å²) < 4.78 is 6.75. The minimum Gasteiger partial charge on any atom is -0.481 e. The Balaban J connectivity index is 1.33. The number of ether oxygens (including phenoxy) is 1. The van der Waals surface area contributed by atoms with Gasteiger partial charge in [-0.15, -0.1) is 0 Å². The molecule has 3 N–H and O–H groups in total. The molecule has 1 aliphatic heterocycles. The molecular formula is C24H28N6O4. The summed E-state index contributed by atoms with van der Waals surface area (Å²) in [6.45, 7) is 1.60. The average molecular weight is 465 g/mol. The molecule has 10 heteroatoms. The summed E-state index contributed by atoms with van der Waals surface area (Å²) in [6, 6.07) is 6.81. The molecule has 0 aromatic carbocycles. The van der Waals surface area contributed by atoms with Gasteiger partial charge in [0, 0.05) is 37.2 Å². The zero-order valence-corrected chi connectivity index (χ0v) is 19.0. The molecule has 0 aliphatic carbocycles. The Morgan fingerprint density at radius 2 is 2.15 bits per heavy atom. The minimum atomic E-state index is -1.03. The number of aromatic nitrogens is 4. The van der Waals surface area contributed by atoms with Crippen molar-refractivity contribution >= 4 is 17.7 Å². The van der Waals surface area contributed by atoms with E-state index in [-0.39, 0.29) is 6.42 Å². The number of methoxy groups -OCH3 is 1. The van der Waals surface area contributed by atoms with Gasteiger partial charge in [0.1, 0.15) is 5.82 Å². The second kappa shape index (κ2) is 10.8. The van der Waals surface area contributed by atoms with Gasteiger partial charge in [0.05, 0.1) is 31.3 Å². The molecule has 0 saturated carbocycles. The number of carboxylic acids is 1. The molecule has 4 heterocycles. The summed E-state index contributed by atoms with van der Waals surface area (Å²) in [5.41, 5.74) is 3.25. The Bertz CT molecular complexity index is 1140. The van der Waals surface area contributed by atoms with E-state index in [0.29, 0.717) is 23.6 Å². The van der Waals surface area contributed by atoms with Crippen LogP contribution in [0, 0.1) is 0 Å². The topological polar surface area (TPSA) is 131 Å². The number of nitrogens with one attached hydrogen (secondary N) is 2. The molecular weight excluding hydrogens is 436 g/mol. The van der Waals surface area contributed by atoms with Gasteiger partial charge in [0.2, 0.25) is 5.88 Å². The van der Waals surface area contributed by atoms with Crippen LogP contribution in [0.4, 0.5) is 5.82 Å². The summed E-state index contributed by atoms with van der Waals surface area (Å²) in [4.78, 5) is 32.9. The van der Waals surface area contributed by atoms with Gasteiger partial charge in [-0.2, -0.15) is 5.10 Å². The molecule has 3 aromatic heterocycles. The Kier molecular flexibility index (Phi) is 7.36. The lowest BCUT2D eigenvalue weighted by Gasteiger charge is -2.17. The van der Waals surface area contributed by atoms with Gasteiger partial charge in [-0.25, -0.2) is 9.97 Å². The maximum absolute atomic E-state index is 12.8. The molecule has 34 heavy (non-hydrogen) atoms. The molecule has 0 bridgehead atoms. The summed E-state index contributed by atoms with van der Waals surface area (Å²) in [5.74, 6) is -0.0180. The van der Waals surface area contributed by atoms with Crippen molar-refractivity contribution in [1.82, 2.24) is 25.1 Å². The predicted molar refractivity (Wildman–Crippen MR) is 125 cm³/mol. The van der Waals surface area contributed by atoms with Gasteiger partial charge >= 0.3 is 5.97 Å². The van der Waals surface area contributed by atoms with E-state index in [1.54, 1.807) is 23.0 Å². The van der Waals surface area contributed by atoms with E-state index in [9.17, 15) is 14.7 Å². The summed E-state index contributed by atoms with van der Waals surface area (Å²) in [7, 11) is 1.50. The van der Waals surface area contributed by atoms with Crippen molar-refractivity contribution < 1.29 is 19.4 Å². The van der Waals surface area contributed by atoms with E-state index in [1.807, 2.05) is 0 Å². The lowest BCUT2D eigenvalue weighted by atomic mass is 10.1. The van der Waals surface area contributed by atoms with E-state index in [0.717, 1.165) is 43.7 Å². The number of aryl methyl sites for hydroxylation is 3. The maximum Gasteiger partial charge on any atom is 0.305 e. The number of anilines is 1. The first-order valence-corrected chi connectivity index (χ1v) is 11.3. The molecule has 10 nitrogen and oxygen atoms in total. The van der Waals surface area contributed by atoms with Gasteiger partial charge in [0.25, 0.3) is 5.91 Å². The standard InChI is InChI=1S/C24H28N6O4/c1-34-21-9-7-17(13-26-21)20(12-22(31)32)29-24(33)18-14-27-30(15-18)11-3-5-19-8-6-16-4-2-10-25-23(16)28-19/h6-9,13-15,20H,2-5,10-12H2,1H3,(H,25,28)(H,29,33)(H,31,32)/t20-/m0/s1. The number of carbonyl (C=O) groups excluding carboxylic acids is 1. The number of fused-ring (bicyclic) bond motifs is 1. The second-order valence-corrected chi connectivity index (χ2v) is 8.19. The third kappa shape index (κ3) is 5.89. The average Bonchev–Trinajstić information content (AvgIpc) is 3.32. The van der Waals surface area contributed by atoms with Gasteiger partial charge in [-0.1, -0.05) is 12.1 Å². The van der Waals surface area contributed by atoms with E-state index >= 15 is 0 Å². The Labute approximate surface area is 197 Å². The van der Waals surface area contributed by atoms with Crippen molar-refractivity contribution in [3.8, 4) is 5.88 Å². The molecule has 1 atom stereocenters. The SMILES string of the molecule is COc1ccc([C@H](CC(=O)O)NC(=O)c2cnn(CCCc3ccc4c(n3)NCCC4)c2)cn1. The van der Waals surface area contributed by atoms with E-state index in [2.05, 4.69) is 32.8 Å². The van der Waals surface area contributed by atoms with Crippen LogP contribution in [0.2, 0.25) is 0 Å². The van der Waals surface area contributed by atoms with Crippen molar-refractivity contribution in [1.29, 1.82) is 0 Å². The molecule has 0 fully saturated rings. The number of hydrogen-bond donors (Lipinski definition) is 3. The molecule has 1 amide bonds. The van der Waals surface area contributed by atoms with Gasteiger partial charge in [-0.3, -0.25) is 14.3 Å². The van der Waals surface area contributed by atoms with Crippen LogP contribution in [0.15, 0.2) is 42.9 Å². The van der Waals surface area contributed by atoms with E-state index in [4.69, 9.17) is 9.72 Å². The first kappa shape index (κ1) is 23.2. The fourth-order valence-corrected chi connectivity index (χ4v) is 3.92. The number of carboxylic acid groups (broad SMARTS) is 1. The third-order valence-corrected chi connectivity index (χ3v) is 5.72.